The highest BCUT2D eigenvalue weighted by Crippen LogP contribution is 2.24. The van der Waals surface area contributed by atoms with Gasteiger partial charge in [-0.2, -0.15) is 9.40 Å². The summed E-state index contributed by atoms with van der Waals surface area (Å²) in [5.74, 6) is 0.667. The van der Waals surface area contributed by atoms with E-state index in [1.807, 2.05) is 12.1 Å². The second kappa shape index (κ2) is 9.09. The van der Waals surface area contributed by atoms with Crippen molar-refractivity contribution in [3.63, 3.8) is 0 Å². The molecular weight excluding hydrogens is 388 g/mol. The van der Waals surface area contributed by atoms with Gasteiger partial charge in [0.15, 0.2) is 0 Å². The van der Waals surface area contributed by atoms with Gasteiger partial charge in [-0.25, -0.2) is 8.42 Å². The Morgan fingerprint density at radius 2 is 1.86 bits per heavy atom. The number of aromatic nitrogens is 2. The fourth-order valence-electron chi connectivity index (χ4n) is 3.65. The van der Waals surface area contributed by atoms with Crippen molar-refractivity contribution < 1.29 is 13.2 Å². The number of rotatable bonds is 7. The molecule has 29 heavy (non-hydrogen) atoms. The lowest BCUT2D eigenvalue weighted by Gasteiger charge is -2.31. The van der Waals surface area contributed by atoms with Gasteiger partial charge in [0, 0.05) is 32.9 Å². The van der Waals surface area contributed by atoms with Gasteiger partial charge >= 0.3 is 0 Å². The zero-order valence-corrected chi connectivity index (χ0v) is 18.2. The topological polar surface area (TPSA) is 84.3 Å². The second-order valence-electron chi connectivity index (χ2n) is 8.20. The normalized spacial score (nSPS) is 16.3. The minimum absolute atomic E-state index is 0.144. The zero-order chi connectivity index (χ0) is 21.0. The van der Waals surface area contributed by atoms with E-state index in [9.17, 15) is 13.2 Å². The Balaban J connectivity index is 1.52. The molecule has 0 bridgehead atoms. The van der Waals surface area contributed by atoms with Gasteiger partial charge in [-0.05, 0) is 48.8 Å². The van der Waals surface area contributed by atoms with Crippen LogP contribution >= 0.6 is 0 Å². The van der Waals surface area contributed by atoms with Crippen molar-refractivity contribution >= 4 is 15.9 Å². The molecule has 158 valence electrons. The quantitative estimate of drug-likeness (QED) is 0.749. The highest BCUT2D eigenvalue weighted by molar-refractivity contribution is 7.89. The van der Waals surface area contributed by atoms with Crippen LogP contribution in [0.5, 0.6) is 0 Å². The molecular formula is C21H30N4O3S. The summed E-state index contributed by atoms with van der Waals surface area (Å²) in [6.07, 6.45) is 5.63. The summed E-state index contributed by atoms with van der Waals surface area (Å²) in [5, 5.41) is 6.93. The van der Waals surface area contributed by atoms with Crippen LogP contribution in [-0.2, 0) is 23.5 Å². The molecule has 0 saturated carbocycles. The summed E-state index contributed by atoms with van der Waals surface area (Å²) in [6, 6.07) is 7.25. The first-order chi connectivity index (χ1) is 13.8. The van der Waals surface area contributed by atoms with E-state index in [4.69, 9.17) is 0 Å². The van der Waals surface area contributed by atoms with E-state index in [-0.39, 0.29) is 11.8 Å². The van der Waals surface area contributed by atoms with Gasteiger partial charge in [0.2, 0.25) is 10.0 Å². The average Bonchev–Trinajstić information content (AvgIpc) is 3.13. The molecule has 2 heterocycles. The van der Waals surface area contributed by atoms with Gasteiger partial charge in [0.05, 0.1) is 16.7 Å². The van der Waals surface area contributed by atoms with E-state index in [2.05, 4.69) is 24.3 Å². The van der Waals surface area contributed by atoms with Crippen LogP contribution in [0.15, 0.2) is 41.6 Å². The molecule has 0 radical (unpaired) electrons. The molecule has 7 nitrogen and oxygen atoms in total. The number of aryl methyl sites for hydroxylation is 1. The lowest BCUT2D eigenvalue weighted by molar-refractivity contribution is 0.0941. The van der Waals surface area contributed by atoms with Gasteiger partial charge in [-0.1, -0.05) is 26.0 Å². The molecule has 8 heteroatoms. The van der Waals surface area contributed by atoms with E-state index in [0.717, 1.165) is 24.8 Å². The first kappa shape index (κ1) is 21.5. The maximum absolute atomic E-state index is 12.9. The van der Waals surface area contributed by atoms with Crippen LogP contribution < -0.4 is 5.32 Å². The van der Waals surface area contributed by atoms with Gasteiger partial charge in [0.25, 0.3) is 5.91 Å². The van der Waals surface area contributed by atoms with Crippen molar-refractivity contribution in [1.29, 1.82) is 0 Å². The van der Waals surface area contributed by atoms with Crippen LogP contribution in [0.25, 0.3) is 0 Å². The summed E-state index contributed by atoms with van der Waals surface area (Å²) in [5.41, 5.74) is 1.69. The maximum Gasteiger partial charge on any atom is 0.254 e. The summed E-state index contributed by atoms with van der Waals surface area (Å²) in [7, 11) is -1.70. The third-order valence-electron chi connectivity index (χ3n) is 5.30. The van der Waals surface area contributed by atoms with Crippen LogP contribution in [0.3, 0.4) is 0 Å². The van der Waals surface area contributed by atoms with Crippen molar-refractivity contribution in [2.45, 2.75) is 38.0 Å². The smallest absolute Gasteiger partial charge is 0.254 e. The number of nitrogens with zero attached hydrogens (tertiary/aromatic N) is 3. The molecule has 2 aromatic rings. The summed E-state index contributed by atoms with van der Waals surface area (Å²) in [4.78, 5) is 12.5. The number of carbonyl (C=O) groups excluding carboxylic acids is 1. The second-order valence-corrected chi connectivity index (χ2v) is 10.1. The third kappa shape index (κ3) is 5.45. The summed E-state index contributed by atoms with van der Waals surface area (Å²) in [6.45, 7) is 5.79. The van der Waals surface area contributed by atoms with Crippen LogP contribution in [0.1, 0.15) is 42.6 Å². The summed E-state index contributed by atoms with van der Waals surface area (Å²) >= 11 is 0. The Morgan fingerprint density at radius 3 is 2.41 bits per heavy atom. The Hall–Kier alpha value is -2.19. The molecule has 1 aromatic heterocycles. The average molecular weight is 419 g/mol. The van der Waals surface area contributed by atoms with Crippen LogP contribution in [0, 0.1) is 11.8 Å². The van der Waals surface area contributed by atoms with E-state index in [0.29, 0.717) is 36.0 Å². The number of amides is 1. The van der Waals surface area contributed by atoms with E-state index in [1.54, 1.807) is 34.4 Å². The molecule has 0 unspecified atom stereocenters. The number of hydrogen-bond donors (Lipinski definition) is 1. The number of hydrogen-bond acceptors (Lipinski definition) is 4. The molecule has 1 aliphatic rings. The highest BCUT2D eigenvalue weighted by atomic mass is 32.2. The van der Waals surface area contributed by atoms with Gasteiger partial charge in [-0.3, -0.25) is 9.48 Å². The number of sulfonamides is 1. The number of piperidine rings is 1. The third-order valence-corrected chi connectivity index (χ3v) is 7.21. The molecule has 3 rings (SSSR count). The predicted octanol–water partition coefficient (Wildman–Crippen LogP) is 2.45. The zero-order valence-electron chi connectivity index (χ0n) is 17.3. The monoisotopic (exact) mass is 418 g/mol. The van der Waals surface area contributed by atoms with Crippen LogP contribution in [0.4, 0.5) is 0 Å². The van der Waals surface area contributed by atoms with Crippen molar-refractivity contribution in [1.82, 2.24) is 19.4 Å². The highest BCUT2D eigenvalue weighted by Gasteiger charge is 2.29. The van der Waals surface area contributed by atoms with Gasteiger partial charge in [0.1, 0.15) is 0 Å². The largest absolute Gasteiger partial charge is 0.352 e. The first-order valence-electron chi connectivity index (χ1n) is 10.1. The molecule has 0 aliphatic carbocycles. The summed E-state index contributed by atoms with van der Waals surface area (Å²) < 4.78 is 29.0. The molecule has 1 saturated heterocycles. The Morgan fingerprint density at radius 1 is 1.21 bits per heavy atom. The van der Waals surface area contributed by atoms with Gasteiger partial charge < -0.3 is 5.32 Å². The van der Waals surface area contributed by atoms with Crippen molar-refractivity contribution in [2.75, 3.05) is 19.6 Å². The van der Waals surface area contributed by atoms with E-state index >= 15 is 0 Å². The fourth-order valence-corrected chi connectivity index (χ4v) is 5.12. The Kier molecular flexibility index (Phi) is 6.74. The van der Waals surface area contributed by atoms with Gasteiger partial charge in [-0.15, -0.1) is 0 Å². The Bertz CT molecular complexity index is 927. The van der Waals surface area contributed by atoms with E-state index in [1.165, 1.54) is 6.20 Å². The lowest BCUT2D eigenvalue weighted by Crippen LogP contribution is -2.41. The van der Waals surface area contributed by atoms with E-state index < -0.39 is 10.0 Å². The standard InChI is InChI=1S/C21H30N4O3S/c1-16(2)12-17-4-6-20(7-5-17)29(27,28)25-10-8-18(9-11-25)13-22-21(26)19-14-23-24(3)15-19/h4-7,14-16,18H,8-13H2,1-3H3,(H,22,26). The lowest BCUT2D eigenvalue weighted by atomic mass is 9.98. The number of carbonyl (C=O) groups is 1. The minimum atomic E-state index is -3.47. The molecule has 1 fully saturated rings. The van der Waals surface area contributed by atoms with Crippen LogP contribution in [0.2, 0.25) is 0 Å². The minimum Gasteiger partial charge on any atom is -0.352 e. The molecule has 0 spiro atoms. The molecule has 1 aromatic carbocycles. The molecule has 0 atom stereocenters. The number of nitrogens with one attached hydrogen (secondary N) is 1. The molecule has 1 amide bonds. The number of benzene rings is 1. The van der Waals surface area contributed by atoms with Crippen molar-refractivity contribution in [2.24, 2.45) is 18.9 Å². The SMILES string of the molecule is CC(C)Cc1ccc(S(=O)(=O)N2CCC(CNC(=O)c3cnn(C)c3)CC2)cc1. The van der Waals surface area contributed by atoms with Crippen LogP contribution in [-0.4, -0.2) is 48.0 Å². The first-order valence-corrected chi connectivity index (χ1v) is 11.6. The molecule has 1 N–H and O–H groups in total. The predicted molar refractivity (Wildman–Crippen MR) is 112 cm³/mol. The Labute approximate surface area is 173 Å². The fraction of sp³-hybridized carbons (Fsp3) is 0.524. The van der Waals surface area contributed by atoms with Crippen molar-refractivity contribution in [3.8, 4) is 0 Å². The maximum atomic E-state index is 12.9. The van der Waals surface area contributed by atoms with Crippen molar-refractivity contribution in [3.05, 3.63) is 47.8 Å². The molecule has 1 aliphatic heterocycles.